The van der Waals surface area contributed by atoms with Crippen molar-refractivity contribution in [2.24, 2.45) is 0 Å². The van der Waals surface area contributed by atoms with Gasteiger partial charge in [0.05, 0.1) is 5.69 Å². The predicted octanol–water partition coefficient (Wildman–Crippen LogP) is 3.86. The van der Waals surface area contributed by atoms with E-state index in [9.17, 15) is 0 Å². The zero-order chi connectivity index (χ0) is 14.1. The molecule has 0 fully saturated rings. The van der Waals surface area contributed by atoms with Crippen LogP contribution in [0.2, 0.25) is 0 Å². The molecule has 3 nitrogen and oxygen atoms in total. The molecule has 100 valence electrons. The standard InChI is InChI=1S/C17H17N3/c1-12-9-13(2)11-16(10-12)20-17(18-14(3)19-20)15-7-5-4-6-8-15/h4-11H,1-3H3. The summed E-state index contributed by atoms with van der Waals surface area (Å²) in [5, 5.41) is 4.55. The van der Waals surface area contributed by atoms with Gasteiger partial charge in [-0.2, -0.15) is 5.10 Å². The first kappa shape index (κ1) is 12.6. The first-order valence-corrected chi connectivity index (χ1v) is 6.71. The Morgan fingerprint density at radius 3 is 2.15 bits per heavy atom. The van der Waals surface area contributed by atoms with Crippen molar-refractivity contribution < 1.29 is 0 Å². The number of nitrogens with zero attached hydrogens (tertiary/aromatic N) is 3. The number of aryl methyl sites for hydroxylation is 3. The molecule has 0 aliphatic rings. The van der Waals surface area contributed by atoms with Crippen molar-refractivity contribution >= 4 is 0 Å². The van der Waals surface area contributed by atoms with Gasteiger partial charge < -0.3 is 0 Å². The van der Waals surface area contributed by atoms with Crippen molar-refractivity contribution in [3.05, 3.63) is 65.5 Å². The normalized spacial score (nSPS) is 10.8. The molecule has 20 heavy (non-hydrogen) atoms. The van der Waals surface area contributed by atoms with Crippen LogP contribution in [0.4, 0.5) is 0 Å². The highest BCUT2D eigenvalue weighted by molar-refractivity contribution is 5.58. The number of benzene rings is 2. The third kappa shape index (κ3) is 2.35. The van der Waals surface area contributed by atoms with Crippen molar-refractivity contribution in [3.63, 3.8) is 0 Å². The fraction of sp³-hybridized carbons (Fsp3) is 0.176. The Labute approximate surface area is 118 Å². The van der Waals surface area contributed by atoms with E-state index in [1.165, 1.54) is 11.1 Å². The van der Waals surface area contributed by atoms with E-state index in [0.29, 0.717) is 0 Å². The van der Waals surface area contributed by atoms with Gasteiger partial charge in [0.2, 0.25) is 0 Å². The van der Waals surface area contributed by atoms with E-state index < -0.39 is 0 Å². The molecule has 0 bridgehead atoms. The highest BCUT2D eigenvalue weighted by Crippen LogP contribution is 2.22. The second-order valence-corrected chi connectivity index (χ2v) is 5.11. The molecule has 0 amide bonds. The van der Waals surface area contributed by atoms with Gasteiger partial charge in [-0.15, -0.1) is 0 Å². The van der Waals surface area contributed by atoms with Gasteiger partial charge in [0.15, 0.2) is 5.82 Å². The van der Waals surface area contributed by atoms with Crippen LogP contribution >= 0.6 is 0 Å². The lowest BCUT2D eigenvalue weighted by molar-refractivity contribution is 0.866. The van der Waals surface area contributed by atoms with Crippen molar-refractivity contribution in [2.45, 2.75) is 20.8 Å². The summed E-state index contributed by atoms with van der Waals surface area (Å²) in [6, 6.07) is 16.6. The quantitative estimate of drug-likeness (QED) is 0.703. The maximum Gasteiger partial charge on any atom is 0.163 e. The van der Waals surface area contributed by atoms with Gasteiger partial charge in [-0.1, -0.05) is 36.4 Å². The zero-order valence-electron chi connectivity index (χ0n) is 12.0. The molecule has 0 N–H and O–H groups in total. The summed E-state index contributed by atoms with van der Waals surface area (Å²) in [6.07, 6.45) is 0. The SMILES string of the molecule is Cc1cc(C)cc(-n2nc(C)nc2-c2ccccc2)c1. The van der Waals surface area contributed by atoms with Gasteiger partial charge in [-0.25, -0.2) is 9.67 Å². The Hall–Kier alpha value is -2.42. The molecule has 1 heterocycles. The van der Waals surface area contributed by atoms with Crippen molar-refractivity contribution in [1.29, 1.82) is 0 Å². The molecule has 0 saturated heterocycles. The molecule has 0 spiro atoms. The van der Waals surface area contributed by atoms with E-state index in [1.807, 2.05) is 29.8 Å². The molecular weight excluding hydrogens is 246 g/mol. The minimum atomic E-state index is 0.781. The lowest BCUT2D eigenvalue weighted by atomic mass is 10.1. The average Bonchev–Trinajstić information content (AvgIpc) is 2.81. The molecule has 0 atom stereocenters. The van der Waals surface area contributed by atoms with Gasteiger partial charge in [0, 0.05) is 5.56 Å². The van der Waals surface area contributed by atoms with Crippen LogP contribution < -0.4 is 0 Å². The van der Waals surface area contributed by atoms with Crippen LogP contribution in [0.5, 0.6) is 0 Å². The molecule has 0 saturated carbocycles. The largest absolute Gasteiger partial charge is 0.213 e. The summed E-state index contributed by atoms with van der Waals surface area (Å²) in [6.45, 7) is 6.12. The Balaban J connectivity index is 2.19. The van der Waals surface area contributed by atoms with Gasteiger partial charge in [-0.3, -0.25) is 0 Å². The van der Waals surface area contributed by atoms with E-state index in [2.05, 4.69) is 54.3 Å². The van der Waals surface area contributed by atoms with Gasteiger partial charge in [0.25, 0.3) is 0 Å². The fourth-order valence-electron chi connectivity index (χ4n) is 2.44. The van der Waals surface area contributed by atoms with Crippen LogP contribution in [-0.2, 0) is 0 Å². The minimum Gasteiger partial charge on any atom is -0.213 e. The van der Waals surface area contributed by atoms with Gasteiger partial charge >= 0.3 is 0 Å². The van der Waals surface area contributed by atoms with Crippen molar-refractivity contribution in [3.8, 4) is 17.1 Å². The van der Waals surface area contributed by atoms with E-state index >= 15 is 0 Å². The Morgan fingerprint density at radius 2 is 1.50 bits per heavy atom. The van der Waals surface area contributed by atoms with E-state index in [1.54, 1.807) is 0 Å². The Bertz CT molecular complexity index is 722. The number of rotatable bonds is 2. The van der Waals surface area contributed by atoms with Gasteiger partial charge in [0.1, 0.15) is 5.82 Å². The molecule has 1 aromatic heterocycles. The molecule has 0 aliphatic carbocycles. The topological polar surface area (TPSA) is 30.7 Å². The van der Waals surface area contributed by atoms with Gasteiger partial charge in [-0.05, 0) is 44.0 Å². The lowest BCUT2D eigenvalue weighted by Crippen LogP contribution is -2.00. The Morgan fingerprint density at radius 1 is 0.850 bits per heavy atom. The zero-order valence-corrected chi connectivity index (χ0v) is 12.0. The first-order chi connectivity index (χ1) is 9.63. The smallest absolute Gasteiger partial charge is 0.163 e. The summed E-state index contributed by atoms with van der Waals surface area (Å²) in [7, 11) is 0. The minimum absolute atomic E-state index is 0.781. The lowest BCUT2D eigenvalue weighted by Gasteiger charge is -2.08. The maximum atomic E-state index is 4.57. The average molecular weight is 263 g/mol. The van der Waals surface area contributed by atoms with E-state index in [0.717, 1.165) is 22.9 Å². The van der Waals surface area contributed by atoms with Crippen molar-refractivity contribution in [2.75, 3.05) is 0 Å². The summed E-state index contributed by atoms with van der Waals surface area (Å²) in [5.74, 6) is 1.66. The van der Waals surface area contributed by atoms with Crippen molar-refractivity contribution in [1.82, 2.24) is 14.8 Å². The summed E-state index contributed by atoms with van der Waals surface area (Å²) in [5.41, 5.74) is 4.59. The molecule has 0 radical (unpaired) electrons. The second-order valence-electron chi connectivity index (χ2n) is 5.11. The van der Waals surface area contributed by atoms with E-state index in [4.69, 9.17) is 0 Å². The first-order valence-electron chi connectivity index (χ1n) is 6.71. The number of aromatic nitrogens is 3. The Kier molecular flexibility index (Phi) is 3.11. The highest BCUT2D eigenvalue weighted by Gasteiger charge is 2.11. The summed E-state index contributed by atoms with van der Waals surface area (Å²) >= 11 is 0. The molecule has 0 unspecified atom stereocenters. The molecule has 2 aromatic carbocycles. The third-order valence-electron chi connectivity index (χ3n) is 3.20. The third-order valence-corrected chi connectivity index (χ3v) is 3.20. The van der Waals surface area contributed by atoms with Crippen LogP contribution in [0.15, 0.2) is 48.5 Å². The monoisotopic (exact) mass is 263 g/mol. The van der Waals surface area contributed by atoms with Crippen LogP contribution in [-0.4, -0.2) is 14.8 Å². The molecule has 3 heteroatoms. The number of hydrogen-bond acceptors (Lipinski definition) is 2. The molecular formula is C17H17N3. The molecule has 0 aliphatic heterocycles. The van der Waals surface area contributed by atoms with Crippen LogP contribution in [0, 0.1) is 20.8 Å². The van der Waals surface area contributed by atoms with Crippen LogP contribution in [0.1, 0.15) is 17.0 Å². The second kappa shape index (κ2) is 4.93. The van der Waals surface area contributed by atoms with Crippen LogP contribution in [0.3, 0.4) is 0 Å². The van der Waals surface area contributed by atoms with E-state index in [-0.39, 0.29) is 0 Å². The summed E-state index contributed by atoms with van der Waals surface area (Å²) in [4.78, 5) is 4.57. The predicted molar refractivity (Wildman–Crippen MR) is 81.0 cm³/mol. The molecule has 3 rings (SSSR count). The van der Waals surface area contributed by atoms with Crippen LogP contribution in [0.25, 0.3) is 17.1 Å². The maximum absolute atomic E-state index is 4.57. The summed E-state index contributed by atoms with van der Waals surface area (Å²) < 4.78 is 1.92. The molecule has 3 aromatic rings. The number of hydrogen-bond donors (Lipinski definition) is 0. The fourth-order valence-corrected chi connectivity index (χ4v) is 2.44. The highest BCUT2D eigenvalue weighted by atomic mass is 15.3.